The van der Waals surface area contributed by atoms with Crippen molar-refractivity contribution in [1.29, 1.82) is 0 Å². The van der Waals surface area contributed by atoms with Crippen LogP contribution in [-0.2, 0) is 0 Å². The van der Waals surface area contributed by atoms with Crippen LogP contribution in [0.2, 0.25) is 0 Å². The van der Waals surface area contributed by atoms with Crippen LogP contribution in [0.3, 0.4) is 0 Å². The summed E-state index contributed by atoms with van der Waals surface area (Å²) in [6.45, 7) is 13.0. The van der Waals surface area contributed by atoms with Gasteiger partial charge in [0.25, 0.3) is 0 Å². The van der Waals surface area contributed by atoms with Crippen molar-refractivity contribution in [3.63, 3.8) is 0 Å². The van der Waals surface area contributed by atoms with Gasteiger partial charge in [-0.1, -0.05) is 0 Å². The van der Waals surface area contributed by atoms with E-state index in [2.05, 4.69) is 40.6 Å². The molecule has 1 aliphatic carbocycles. The average molecular weight is 349 g/mol. The molecule has 0 amide bonds. The highest BCUT2D eigenvalue weighted by molar-refractivity contribution is 5.02. The number of likely N-dealkylation sites (N-methyl/N-ethyl adjacent to an activating group) is 1. The van der Waals surface area contributed by atoms with Crippen molar-refractivity contribution in [3.05, 3.63) is 0 Å². The largest absolute Gasteiger partial charge is 0.306 e. The molecule has 4 fully saturated rings. The van der Waals surface area contributed by atoms with E-state index in [1.54, 1.807) is 0 Å². The molecule has 0 radical (unpaired) electrons. The van der Waals surface area contributed by atoms with Gasteiger partial charge in [-0.2, -0.15) is 0 Å². The molecule has 144 valence electrons. The minimum absolute atomic E-state index is 0.723. The van der Waals surface area contributed by atoms with Gasteiger partial charge in [0.15, 0.2) is 0 Å². The molecule has 0 aromatic carbocycles. The standard InChI is InChI=1S/C21H40N4/c1-18-16-25(13-12-23(18)3)20-14-21(15-20)6-10-24(11-7-21)17-19-4-8-22(2)9-5-19/h18-20H,4-17H2,1-3H3/t18-/m0/s1. The highest BCUT2D eigenvalue weighted by Gasteiger charge is 2.48. The summed E-state index contributed by atoms with van der Waals surface area (Å²) in [4.78, 5) is 10.6. The molecular formula is C21H40N4. The molecule has 1 atom stereocenters. The topological polar surface area (TPSA) is 13.0 Å². The molecule has 3 heterocycles. The first-order chi connectivity index (χ1) is 12.0. The number of piperazine rings is 1. The molecule has 1 spiro atoms. The Morgan fingerprint density at radius 2 is 1.56 bits per heavy atom. The number of hydrogen-bond donors (Lipinski definition) is 0. The summed E-state index contributed by atoms with van der Waals surface area (Å²) in [7, 11) is 4.55. The van der Waals surface area contributed by atoms with Crippen molar-refractivity contribution in [2.24, 2.45) is 11.3 Å². The SMILES string of the molecule is C[C@H]1CN(C2CC3(CCN(CC4CCN(C)CC4)CC3)C2)CCN1C. The van der Waals surface area contributed by atoms with E-state index in [1.165, 1.54) is 90.9 Å². The van der Waals surface area contributed by atoms with Gasteiger partial charge in [0.1, 0.15) is 0 Å². The summed E-state index contributed by atoms with van der Waals surface area (Å²) < 4.78 is 0. The van der Waals surface area contributed by atoms with E-state index in [1.807, 2.05) is 0 Å². The smallest absolute Gasteiger partial charge is 0.0192 e. The molecule has 4 rings (SSSR count). The molecule has 4 nitrogen and oxygen atoms in total. The number of rotatable bonds is 3. The van der Waals surface area contributed by atoms with E-state index < -0.39 is 0 Å². The second-order valence-electron chi connectivity index (χ2n) is 9.93. The van der Waals surface area contributed by atoms with Crippen LogP contribution in [0.15, 0.2) is 0 Å². The van der Waals surface area contributed by atoms with E-state index in [-0.39, 0.29) is 0 Å². The molecular weight excluding hydrogens is 308 g/mol. The van der Waals surface area contributed by atoms with Gasteiger partial charge in [-0.25, -0.2) is 0 Å². The van der Waals surface area contributed by atoms with Gasteiger partial charge in [-0.15, -0.1) is 0 Å². The lowest BCUT2D eigenvalue weighted by Gasteiger charge is -2.57. The first-order valence-electron chi connectivity index (χ1n) is 10.9. The van der Waals surface area contributed by atoms with Crippen molar-refractivity contribution in [2.45, 2.75) is 57.5 Å². The Hall–Kier alpha value is -0.160. The summed E-state index contributed by atoms with van der Waals surface area (Å²) in [5.41, 5.74) is 0.723. The van der Waals surface area contributed by atoms with E-state index in [0.717, 1.165) is 23.4 Å². The first-order valence-corrected chi connectivity index (χ1v) is 10.9. The summed E-state index contributed by atoms with van der Waals surface area (Å²) in [5, 5.41) is 0. The van der Waals surface area contributed by atoms with Gasteiger partial charge in [0, 0.05) is 38.3 Å². The molecule has 0 bridgehead atoms. The van der Waals surface area contributed by atoms with Gasteiger partial charge in [-0.05, 0) is 97.1 Å². The Kier molecular flexibility index (Phi) is 5.43. The maximum Gasteiger partial charge on any atom is 0.0192 e. The van der Waals surface area contributed by atoms with Gasteiger partial charge >= 0.3 is 0 Å². The molecule has 3 saturated heterocycles. The second-order valence-corrected chi connectivity index (χ2v) is 9.93. The van der Waals surface area contributed by atoms with Crippen LogP contribution < -0.4 is 0 Å². The quantitative estimate of drug-likeness (QED) is 0.775. The molecule has 0 aromatic heterocycles. The minimum atomic E-state index is 0.723. The normalized spacial score (nSPS) is 34.4. The Morgan fingerprint density at radius 3 is 2.20 bits per heavy atom. The fourth-order valence-electron chi connectivity index (χ4n) is 5.83. The fourth-order valence-corrected chi connectivity index (χ4v) is 5.83. The van der Waals surface area contributed by atoms with Gasteiger partial charge in [0.05, 0.1) is 0 Å². The lowest BCUT2D eigenvalue weighted by Crippen LogP contribution is -2.60. The maximum absolute atomic E-state index is 2.81. The number of nitrogens with zero attached hydrogens (tertiary/aromatic N) is 4. The summed E-state index contributed by atoms with van der Waals surface area (Å²) >= 11 is 0. The number of piperidine rings is 2. The lowest BCUT2D eigenvalue weighted by molar-refractivity contribution is -0.0631. The van der Waals surface area contributed by atoms with Crippen LogP contribution in [-0.4, -0.2) is 98.1 Å². The zero-order chi connectivity index (χ0) is 17.4. The minimum Gasteiger partial charge on any atom is -0.306 e. The molecule has 0 N–H and O–H groups in total. The van der Waals surface area contributed by atoms with Crippen LogP contribution in [0.1, 0.15) is 45.4 Å². The maximum atomic E-state index is 2.81. The zero-order valence-corrected chi connectivity index (χ0v) is 16.9. The molecule has 25 heavy (non-hydrogen) atoms. The Morgan fingerprint density at radius 1 is 0.880 bits per heavy atom. The van der Waals surface area contributed by atoms with Crippen LogP contribution >= 0.6 is 0 Å². The number of hydrogen-bond acceptors (Lipinski definition) is 4. The van der Waals surface area contributed by atoms with Crippen molar-refractivity contribution in [2.75, 3.05) is 66.5 Å². The van der Waals surface area contributed by atoms with Gasteiger partial charge < -0.3 is 14.7 Å². The molecule has 0 unspecified atom stereocenters. The third-order valence-electron chi connectivity index (χ3n) is 8.12. The second kappa shape index (κ2) is 7.46. The third-order valence-corrected chi connectivity index (χ3v) is 8.12. The first kappa shape index (κ1) is 18.2. The third kappa shape index (κ3) is 4.07. The van der Waals surface area contributed by atoms with Crippen LogP contribution in [0.4, 0.5) is 0 Å². The van der Waals surface area contributed by atoms with Crippen molar-refractivity contribution >= 4 is 0 Å². The van der Waals surface area contributed by atoms with Gasteiger partial charge in [0.2, 0.25) is 0 Å². The zero-order valence-electron chi connectivity index (χ0n) is 16.9. The average Bonchev–Trinajstić information content (AvgIpc) is 2.58. The van der Waals surface area contributed by atoms with Crippen molar-refractivity contribution < 1.29 is 0 Å². The molecule has 1 saturated carbocycles. The van der Waals surface area contributed by atoms with Gasteiger partial charge in [-0.3, -0.25) is 4.90 Å². The van der Waals surface area contributed by atoms with Crippen molar-refractivity contribution in [3.8, 4) is 0 Å². The Labute approximate surface area is 155 Å². The van der Waals surface area contributed by atoms with Crippen LogP contribution in [0.5, 0.6) is 0 Å². The predicted molar refractivity (Wildman–Crippen MR) is 105 cm³/mol. The monoisotopic (exact) mass is 348 g/mol. The molecule has 3 aliphatic heterocycles. The van der Waals surface area contributed by atoms with Crippen LogP contribution in [0.25, 0.3) is 0 Å². The Bertz CT molecular complexity index is 429. The van der Waals surface area contributed by atoms with E-state index in [0.29, 0.717) is 0 Å². The van der Waals surface area contributed by atoms with E-state index in [9.17, 15) is 0 Å². The highest BCUT2D eigenvalue weighted by Crippen LogP contribution is 2.51. The summed E-state index contributed by atoms with van der Waals surface area (Å²) in [6, 6.07) is 1.64. The van der Waals surface area contributed by atoms with Crippen LogP contribution in [0, 0.1) is 11.3 Å². The Balaban J connectivity index is 1.18. The predicted octanol–water partition coefficient (Wildman–Crippen LogP) is 2.21. The highest BCUT2D eigenvalue weighted by atomic mass is 15.3. The van der Waals surface area contributed by atoms with E-state index in [4.69, 9.17) is 0 Å². The van der Waals surface area contributed by atoms with E-state index >= 15 is 0 Å². The molecule has 4 aliphatic rings. The fraction of sp³-hybridized carbons (Fsp3) is 1.00. The lowest BCUT2D eigenvalue weighted by atomic mass is 9.60. The summed E-state index contributed by atoms with van der Waals surface area (Å²) in [6.07, 6.45) is 8.76. The molecule has 4 heteroatoms. The summed E-state index contributed by atoms with van der Waals surface area (Å²) in [5.74, 6) is 0.964. The number of likely N-dealkylation sites (tertiary alicyclic amines) is 2. The van der Waals surface area contributed by atoms with Crippen molar-refractivity contribution in [1.82, 2.24) is 19.6 Å². The molecule has 0 aromatic rings.